The molecule has 2 aromatic rings. The molecule has 0 aliphatic carbocycles. The minimum absolute atomic E-state index is 0.300. The van der Waals surface area contributed by atoms with E-state index in [-0.39, 0.29) is 5.91 Å². The van der Waals surface area contributed by atoms with Crippen molar-refractivity contribution in [2.45, 2.75) is 6.04 Å². The summed E-state index contributed by atoms with van der Waals surface area (Å²) in [4.78, 5) is 29.3. The van der Waals surface area contributed by atoms with Gasteiger partial charge in [0, 0.05) is 19.8 Å². The van der Waals surface area contributed by atoms with E-state index >= 15 is 0 Å². The van der Waals surface area contributed by atoms with E-state index < -0.39 is 12.0 Å². The van der Waals surface area contributed by atoms with Crippen LogP contribution in [0.1, 0.15) is 17.2 Å². The molecule has 0 saturated carbocycles. The number of carbonyl (C=O) groups is 2. The monoisotopic (exact) mass is 412 g/mol. The Balaban J connectivity index is 1.92. The third-order valence-corrected chi connectivity index (χ3v) is 5.66. The lowest BCUT2D eigenvalue weighted by Gasteiger charge is -2.24. The molecule has 0 aromatic heterocycles. The van der Waals surface area contributed by atoms with Gasteiger partial charge in [0.1, 0.15) is 4.32 Å². The maximum atomic E-state index is 13.1. The van der Waals surface area contributed by atoms with E-state index in [0.29, 0.717) is 14.8 Å². The second kappa shape index (κ2) is 8.58. The Morgan fingerprint density at radius 3 is 2.36 bits per heavy atom. The molecule has 28 heavy (non-hydrogen) atoms. The van der Waals surface area contributed by atoms with Gasteiger partial charge in [-0.25, -0.2) is 4.79 Å². The van der Waals surface area contributed by atoms with Crippen LogP contribution in [0, 0.1) is 0 Å². The molecular formula is C21H20N2O3S2. The molecule has 1 aliphatic rings. The highest BCUT2D eigenvalue weighted by Crippen LogP contribution is 2.38. The molecule has 7 heteroatoms. The number of thioether (sulfide) groups is 1. The number of amides is 1. The summed E-state index contributed by atoms with van der Waals surface area (Å²) >= 11 is 6.61. The van der Waals surface area contributed by atoms with Gasteiger partial charge in [-0.1, -0.05) is 66.4 Å². The molecule has 0 bridgehead atoms. The smallest absolute Gasteiger partial charge is 0.333 e. The number of rotatable bonds is 5. The highest BCUT2D eigenvalue weighted by atomic mass is 32.2. The lowest BCUT2D eigenvalue weighted by Crippen LogP contribution is -2.37. The highest BCUT2D eigenvalue weighted by molar-refractivity contribution is 8.26. The van der Waals surface area contributed by atoms with Gasteiger partial charge in [0.05, 0.1) is 12.0 Å². The summed E-state index contributed by atoms with van der Waals surface area (Å²) in [5.74, 6) is -0.829. The Morgan fingerprint density at radius 2 is 1.79 bits per heavy atom. The van der Waals surface area contributed by atoms with E-state index in [4.69, 9.17) is 17.0 Å². The molecule has 0 N–H and O–H groups in total. The molecule has 1 atom stereocenters. The molecule has 5 nitrogen and oxygen atoms in total. The maximum absolute atomic E-state index is 13.1. The summed E-state index contributed by atoms with van der Waals surface area (Å²) in [5, 5.41) is 0. The van der Waals surface area contributed by atoms with Crippen LogP contribution in [-0.2, 0) is 14.3 Å². The van der Waals surface area contributed by atoms with Crippen molar-refractivity contribution >= 4 is 51.9 Å². The van der Waals surface area contributed by atoms with E-state index in [0.717, 1.165) is 11.3 Å². The van der Waals surface area contributed by atoms with E-state index in [1.807, 2.05) is 61.5 Å². The average Bonchev–Trinajstić information content (AvgIpc) is 2.97. The first-order valence-electron chi connectivity index (χ1n) is 8.59. The van der Waals surface area contributed by atoms with Crippen LogP contribution in [0.2, 0.25) is 0 Å². The fraction of sp³-hybridized carbons (Fsp3) is 0.190. The number of anilines is 1. The predicted molar refractivity (Wildman–Crippen MR) is 117 cm³/mol. The van der Waals surface area contributed by atoms with E-state index in [1.165, 1.54) is 23.8 Å². The number of nitrogens with zero attached hydrogens (tertiary/aromatic N) is 2. The van der Waals surface area contributed by atoms with Gasteiger partial charge >= 0.3 is 5.97 Å². The van der Waals surface area contributed by atoms with Crippen molar-refractivity contribution in [2.75, 3.05) is 26.1 Å². The number of benzene rings is 2. The second-order valence-corrected chi connectivity index (χ2v) is 8.05. The zero-order chi connectivity index (χ0) is 20.3. The van der Waals surface area contributed by atoms with E-state index in [1.54, 1.807) is 18.2 Å². The van der Waals surface area contributed by atoms with Gasteiger partial charge in [0.15, 0.2) is 6.04 Å². The minimum atomic E-state index is -0.902. The van der Waals surface area contributed by atoms with Crippen LogP contribution in [0.25, 0.3) is 6.08 Å². The Hall–Kier alpha value is -2.64. The van der Waals surface area contributed by atoms with Crippen molar-refractivity contribution in [2.24, 2.45) is 0 Å². The zero-order valence-corrected chi connectivity index (χ0v) is 17.4. The normalized spacial score (nSPS) is 16.4. The van der Waals surface area contributed by atoms with Gasteiger partial charge in [-0.3, -0.25) is 9.69 Å². The molecule has 1 saturated heterocycles. The lowest BCUT2D eigenvalue weighted by atomic mass is 10.1. The third-order valence-electron chi connectivity index (χ3n) is 4.33. The van der Waals surface area contributed by atoms with Gasteiger partial charge in [-0.15, -0.1) is 0 Å². The maximum Gasteiger partial charge on any atom is 0.333 e. The topological polar surface area (TPSA) is 49.9 Å². The Labute approximate surface area is 174 Å². The predicted octanol–water partition coefficient (Wildman–Crippen LogP) is 3.87. The van der Waals surface area contributed by atoms with Crippen molar-refractivity contribution in [1.82, 2.24) is 4.90 Å². The highest BCUT2D eigenvalue weighted by Gasteiger charge is 2.41. The summed E-state index contributed by atoms with van der Waals surface area (Å²) in [5.41, 5.74) is 2.61. The Kier molecular flexibility index (Phi) is 6.16. The summed E-state index contributed by atoms with van der Waals surface area (Å²) < 4.78 is 5.27. The van der Waals surface area contributed by atoms with Gasteiger partial charge in [0.25, 0.3) is 5.91 Å². The van der Waals surface area contributed by atoms with Gasteiger partial charge in [-0.05, 0) is 29.3 Å². The molecule has 3 rings (SSSR count). The molecule has 144 valence electrons. The molecule has 2 aromatic carbocycles. The standard InChI is InChI=1S/C21H20N2O3S2/c1-22(2)16-11-9-14(10-12-16)13-17-19(24)23(21(27)28-17)18(20(25)26-3)15-7-5-4-6-8-15/h4-13,18H,1-3H3/b17-13+. The van der Waals surface area contributed by atoms with Gasteiger partial charge in [0.2, 0.25) is 0 Å². The second-order valence-electron chi connectivity index (χ2n) is 6.37. The Morgan fingerprint density at radius 1 is 1.14 bits per heavy atom. The third kappa shape index (κ3) is 4.10. The van der Waals surface area contributed by atoms with Crippen molar-refractivity contribution in [3.05, 3.63) is 70.6 Å². The average molecular weight is 413 g/mol. The summed E-state index contributed by atoms with van der Waals surface area (Å²) in [6.45, 7) is 0. The van der Waals surface area contributed by atoms with Crippen LogP contribution >= 0.6 is 24.0 Å². The molecule has 1 amide bonds. The first-order chi connectivity index (χ1) is 13.4. The quantitative estimate of drug-likeness (QED) is 0.422. The molecule has 0 radical (unpaired) electrons. The van der Waals surface area contributed by atoms with Crippen LogP contribution in [0.5, 0.6) is 0 Å². The van der Waals surface area contributed by atoms with E-state index in [9.17, 15) is 9.59 Å². The fourth-order valence-corrected chi connectivity index (χ4v) is 4.17. The van der Waals surface area contributed by atoms with Crippen LogP contribution < -0.4 is 4.90 Å². The van der Waals surface area contributed by atoms with Crippen LogP contribution in [0.3, 0.4) is 0 Å². The summed E-state index contributed by atoms with van der Waals surface area (Å²) in [6.07, 6.45) is 1.79. The fourth-order valence-electron chi connectivity index (χ4n) is 2.86. The van der Waals surface area contributed by atoms with Crippen LogP contribution in [0.15, 0.2) is 59.5 Å². The molecule has 1 heterocycles. The summed E-state index contributed by atoms with van der Waals surface area (Å²) in [7, 11) is 5.24. The zero-order valence-electron chi connectivity index (χ0n) is 15.8. The lowest BCUT2D eigenvalue weighted by molar-refractivity contribution is -0.148. The number of methoxy groups -OCH3 is 1. The first kappa shape index (κ1) is 20.1. The van der Waals surface area contributed by atoms with Crippen LogP contribution in [0.4, 0.5) is 5.69 Å². The number of hydrogen-bond donors (Lipinski definition) is 0. The molecule has 1 fully saturated rings. The molecule has 1 unspecified atom stereocenters. The largest absolute Gasteiger partial charge is 0.467 e. The Bertz CT molecular complexity index is 924. The minimum Gasteiger partial charge on any atom is -0.467 e. The number of hydrogen-bond acceptors (Lipinski definition) is 6. The molecule has 1 aliphatic heterocycles. The SMILES string of the molecule is COC(=O)C(c1ccccc1)N1C(=O)/C(=C\c2ccc(N(C)C)cc2)SC1=S. The van der Waals surface area contributed by atoms with Crippen molar-refractivity contribution in [3.8, 4) is 0 Å². The number of ether oxygens (including phenoxy) is 1. The number of thiocarbonyl (C=S) groups is 1. The van der Waals surface area contributed by atoms with Crippen molar-refractivity contribution < 1.29 is 14.3 Å². The molecule has 0 spiro atoms. The first-order valence-corrected chi connectivity index (χ1v) is 9.82. The summed E-state index contributed by atoms with van der Waals surface area (Å²) in [6, 6.07) is 16.0. The number of carbonyl (C=O) groups excluding carboxylic acids is 2. The van der Waals surface area contributed by atoms with Gasteiger partial charge in [-0.2, -0.15) is 0 Å². The van der Waals surface area contributed by atoms with Gasteiger partial charge < -0.3 is 9.64 Å². The van der Waals surface area contributed by atoms with Crippen LogP contribution in [-0.4, -0.2) is 42.3 Å². The number of esters is 1. The van der Waals surface area contributed by atoms with E-state index in [2.05, 4.69) is 0 Å². The van der Waals surface area contributed by atoms with Crippen molar-refractivity contribution in [3.63, 3.8) is 0 Å². The molecular weight excluding hydrogens is 392 g/mol. The van der Waals surface area contributed by atoms with Crippen molar-refractivity contribution in [1.29, 1.82) is 0 Å².